The van der Waals surface area contributed by atoms with Gasteiger partial charge in [-0.1, -0.05) is 17.7 Å². The third-order valence-corrected chi connectivity index (χ3v) is 2.70. The quantitative estimate of drug-likeness (QED) is 0.847. The van der Waals surface area contributed by atoms with Gasteiger partial charge in [0.15, 0.2) is 0 Å². The molecule has 0 unspecified atom stereocenters. The zero-order valence-corrected chi connectivity index (χ0v) is 9.81. The monoisotopic (exact) mass is 258 g/mol. The maximum Gasteiger partial charge on any atom is 0.234 e. The van der Waals surface area contributed by atoms with E-state index in [-0.39, 0.29) is 17.4 Å². The molecule has 0 aliphatic heterocycles. The molecule has 86 valence electrons. The van der Waals surface area contributed by atoms with Crippen LogP contribution >= 0.6 is 23.4 Å². The van der Waals surface area contributed by atoms with Crippen LogP contribution in [-0.4, -0.2) is 23.4 Å². The fourth-order valence-electron chi connectivity index (χ4n) is 0.990. The largest absolute Gasteiger partial charge is 0.549 e. The van der Waals surface area contributed by atoms with E-state index in [1.807, 2.05) is 0 Å². The van der Waals surface area contributed by atoms with Crippen LogP contribution in [0.4, 0.5) is 5.69 Å². The normalized spacial score (nSPS) is 9.81. The highest BCUT2D eigenvalue weighted by Gasteiger charge is 2.02. The van der Waals surface area contributed by atoms with E-state index < -0.39 is 5.97 Å². The Morgan fingerprint density at radius 2 is 2.12 bits per heavy atom. The Morgan fingerprint density at radius 1 is 1.38 bits per heavy atom. The first-order valence-electron chi connectivity index (χ1n) is 4.41. The molecule has 0 saturated carbocycles. The maximum absolute atomic E-state index is 11.3. The van der Waals surface area contributed by atoms with Gasteiger partial charge in [-0.05, 0) is 18.2 Å². The minimum absolute atomic E-state index is 0.0699. The molecule has 1 N–H and O–H groups in total. The number of halogens is 1. The third kappa shape index (κ3) is 5.04. The first-order valence-corrected chi connectivity index (χ1v) is 5.94. The van der Waals surface area contributed by atoms with Crippen LogP contribution < -0.4 is 10.4 Å². The Kier molecular flexibility index (Phi) is 5.14. The minimum Gasteiger partial charge on any atom is -0.549 e. The van der Waals surface area contributed by atoms with E-state index in [0.29, 0.717) is 10.7 Å². The Balaban J connectivity index is 2.37. The van der Waals surface area contributed by atoms with Crippen LogP contribution in [0.25, 0.3) is 0 Å². The summed E-state index contributed by atoms with van der Waals surface area (Å²) in [6, 6.07) is 6.73. The number of carbonyl (C=O) groups excluding carboxylic acids is 2. The molecule has 16 heavy (non-hydrogen) atoms. The van der Waals surface area contributed by atoms with E-state index in [1.54, 1.807) is 24.3 Å². The SMILES string of the molecule is O=C([O-])CSCC(=O)Nc1cccc(Cl)c1. The van der Waals surface area contributed by atoms with E-state index in [0.717, 1.165) is 11.8 Å². The molecule has 1 rings (SSSR count). The molecular formula is C10H9ClNO3S-. The van der Waals surface area contributed by atoms with E-state index >= 15 is 0 Å². The summed E-state index contributed by atoms with van der Waals surface area (Å²) in [5.74, 6) is -1.57. The molecule has 0 atom stereocenters. The van der Waals surface area contributed by atoms with Gasteiger partial charge < -0.3 is 15.2 Å². The van der Waals surface area contributed by atoms with Gasteiger partial charge in [0.2, 0.25) is 5.91 Å². The van der Waals surface area contributed by atoms with Crippen molar-refractivity contribution in [2.24, 2.45) is 0 Å². The number of carbonyl (C=O) groups is 2. The average molecular weight is 259 g/mol. The summed E-state index contributed by atoms with van der Waals surface area (Å²) < 4.78 is 0. The average Bonchev–Trinajstić information content (AvgIpc) is 2.16. The molecule has 0 aliphatic rings. The van der Waals surface area contributed by atoms with Crippen molar-refractivity contribution in [2.75, 3.05) is 16.8 Å². The van der Waals surface area contributed by atoms with E-state index in [9.17, 15) is 14.7 Å². The molecule has 0 saturated heterocycles. The Morgan fingerprint density at radius 3 is 2.75 bits per heavy atom. The standard InChI is InChI=1S/C10H10ClNO3S/c11-7-2-1-3-8(4-7)12-9(13)5-16-6-10(14)15/h1-4H,5-6H2,(H,12,13)(H,14,15)/p-1. The van der Waals surface area contributed by atoms with Gasteiger partial charge in [0.05, 0.1) is 11.7 Å². The number of hydrogen-bond donors (Lipinski definition) is 1. The second-order valence-corrected chi connectivity index (χ2v) is 4.35. The summed E-state index contributed by atoms with van der Waals surface area (Å²) >= 11 is 6.72. The summed E-state index contributed by atoms with van der Waals surface area (Å²) in [6.45, 7) is 0. The van der Waals surface area contributed by atoms with Crippen molar-refractivity contribution < 1.29 is 14.7 Å². The van der Waals surface area contributed by atoms with E-state index in [1.165, 1.54) is 0 Å². The molecule has 0 bridgehead atoms. The topological polar surface area (TPSA) is 69.2 Å². The Hall–Kier alpha value is -1.20. The van der Waals surface area contributed by atoms with Gasteiger partial charge in [-0.25, -0.2) is 0 Å². The number of carboxylic acid groups (broad SMARTS) is 1. The van der Waals surface area contributed by atoms with Crippen LogP contribution in [-0.2, 0) is 9.59 Å². The lowest BCUT2D eigenvalue weighted by atomic mass is 10.3. The number of benzene rings is 1. The van der Waals surface area contributed by atoms with Gasteiger partial charge in [0.1, 0.15) is 0 Å². The van der Waals surface area contributed by atoms with Crippen LogP contribution in [0.1, 0.15) is 0 Å². The fraction of sp³-hybridized carbons (Fsp3) is 0.200. The highest BCUT2D eigenvalue weighted by Crippen LogP contribution is 2.15. The molecule has 1 amide bonds. The molecule has 1 aromatic rings. The molecule has 0 radical (unpaired) electrons. The lowest BCUT2D eigenvalue weighted by molar-refractivity contribution is -0.301. The Labute approximate surface area is 102 Å². The van der Waals surface area contributed by atoms with Crippen LogP contribution in [0.5, 0.6) is 0 Å². The lowest BCUT2D eigenvalue weighted by Gasteiger charge is -2.05. The summed E-state index contributed by atoms with van der Waals surface area (Å²) in [5, 5.41) is 13.2. The molecule has 0 fully saturated rings. The fourth-order valence-corrected chi connectivity index (χ4v) is 1.71. The molecule has 0 aliphatic carbocycles. The van der Waals surface area contributed by atoms with Crippen LogP contribution in [0, 0.1) is 0 Å². The number of carboxylic acids is 1. The summed E-state index contributed by atoms with van der Waals surface area (Å²) in [4.78, 5) is 21.4. The number of hydrogen-bond acceptors (Lipinski definition) is 4. The molecular weight excluding hydrogens is 250 g/mol. The summed E-state index contributed by atoms with van der Waals surface area (Å²) in [7, 11) is 0. The number of thioether (sulfide) groups is 1. The zero-order chi connectivity index (χ0) is 12.0. The molecule has 0 spiro atoms. The van der Waals surface area contributed by atoms with Gasteiger partial charge in [0, 0.05) is 16.5 Å². The second-order valence-electron chi connectivity index (χ2n) is 2.92. The number of nitrogens with one attached hydrogen (secondary N) is 1. The number of anilines is 1. The highest BCUT2D eigenvalue weighted by molar-refractivity contribution is 8.00. The van der Waals surface area contributed by atoms with Gasteiger partial charge in [-0.3, -0.25) is 4.79 Å². The lowest BCUT2D eigenvalue weighted by Crippen LogP contribution is -2.25. The van der Waals surface area contributed by atoms with Crippen LogP contribution in [0.2, 0.25) is 5.02 Å². The Bertz CT molecular complexity index is 397. The molecule has 0 heterocycles. The molecule has 0 aromatic heterocycles. The van der Waals surface area contributed by atoms with Crippen LogP contribution in [0.15, 0.2) is 24.3 Å². The van der Waals surface area contributed by atoms with E-state index in [4.69, 9.17) is 11.6 Å². The predicted molar refractivity (Wildman–Crippen MR) is 62.4 cm³/mol. The van der Waals surface area contributed by atoms with Crippen molar-refractivity contribution >= 4 is 40.9 Å². The number of amides is 1. The van der Waals surface area contributed by atoms with Crippen molar-refractivity contribution in [1.29, 1.82) is 0 Å². The zero-order valence-electron chi connectivity index (χ0n) is 8.23. The van der Waals surface area contributed by atoms with Crippen molar-refractivity contribution in [3.05, 3.63) is 29.3 Å². The smallest absolute Gasteiger partial charge is 0.234 e. The van der Waals surface area contributed by atoms with E-state index in [2.05, 4.69) is 5.32 Å². The second kappa shape index (κ2) is 6.40. The third-order valence-electron chi connectivity index (χ3n) is 1.56. The van der Waals surface area contributed by atoms with Crippen molar-refractivity contribution in [2.45, 2.75) is 0 Å². The van der Waals surface area contributed by atoms with Gasteiger partial charge in [-0.15, -0.1) is 11.8 Å². The first-order chi connectivity index (χ1) is 7.58. The summed E-state index contributed by atoms with van der Waals surface area (Å²) in [6.07, 6.45) is 0. The molecule has 1 aromatic carbocycles. The highest BCUT2D eigenvalue weighted by atomic mass is 35.5. The van der Waals surface area contributed by atoms with Gasteiger partial charge in [-0.2, -0.15) is 0 Å². The maximum atomic E-state index is 11.3. The van der Waals surface area contributed by atoms with Crippen LogP contribution in [0.3, 0.4) is 0 Å². The number of rotatable bonds is 5. The van der Waals surface area contributed by atoms with Crippen molar-refractivity contribution in [3.63, 3.8) is 0 Å². The molecule has 4 nitrogen and oxygen atoms in total. The van der Waals surface area contributed by atoms with Gasteiger partial charge in [0.25, 0.3) is 0 Å². The number of aliphatic carboxylic acids is 1. The summed E-state index contributed by atoms with van der Waals surface area (Å²) in [5.41, 5.74) is 0.589. The van der Waals surface area contributed by atoms with Gasteiger partial charge >= 0.3 is 0 Å². The molecule has 6 heteroatoms. The van der Waals surface area contributed by atoms with Crippen molar-refractivity contribution in [3.8, 4) is 0 Å². The predicted octanol–water partition coefficient (Wildman–Crippen LogP) is 0.762. The first kappa shape index (κ1) is 12.9. The minimum atomic E-state index is -1.18. The van der Waals surface area contributed by atoms with Crippen molar-refractivity contribution in [1.82, 2.24) is 0 Å².